The summed E-state index contributed by atoms with van der Waals surface area (Å²) >= 11 is 1.39. The average molecular weight is 527 g/mol. The molecule has 36 heavy (non-hydrogen) atoms. The molecule has 7 nitrogen and oxygen atoms in total. The third-order valence-corrected chi connectivity index (χ3v) is 9.11. The summed E-state index contributed by atoms with van der Waals surface area (Å²) in [5, 5.41) is 3.30. The fourth-order valence-electron chi connectivity index (χ4n) is 4.29. The van der Waals surface area contributed by atoms with Crippen molar-refractivity contribution >= 4 is 43.9 Å². The van der Waals surface area contributed by atoms with Crippen LogP contribution in [0.1, 0.15) is 67.6 Å². The van der Waals surface area contributed by atoms with E-state index in [1.54, 1.807) is 38.1 Å². The third-order valence-electron chi connectivity index (χ3n) is 6.38. The van der Waals surface area contributed by atoms with Crippen LogP contribution in [0.4, 0.5) is 10.7 Å². The quantitative estimate of drug-likeness (QED) is 0.380. The number of ether oxygens (including phenoxy) is 1. The standard InChI is InChI=1S/C27H30N2O5S2/c1-5-34-27(31)24-21-8-6-7-9-22(21)35-26(24)28-25(30)19-12-10-17(3)23(15-19)36(32,33)29-20-13-11-16(2)18(4)14-20/h10-15,29H,5-9H2,1-4H3,(H,28,30). The molecule has 2 aromatic carbocycles. The molecule has 0 radical (unpaired) electrons. The molecule has 0 fully saturated rings. The van der Waals surface area contributed by atoms with Gasteiger partial charge in [-0.15, -0.1) is 11.3 Å². The number of hydrogen-bond acceptors (Lipinski definition) is 6. The number of carbonyl (C=O) groups is 2. The summed E-state index contributed by atoms with van der Waals surface area (Å²) in [5.74, 6) is -0.932. The van der Waals surface area contributed by atoms with Gasteiger partial charge in [0.1, 0.15) is 5.00 Å². The molecule has 0 aliphatic heterocycles. The van der Waals surface area contributed by atoms with Gasteiger partial charge in [-0.05, 0) is 99.9 Å². The van der Waals surface area contributed by atoms with E-state index >= 15 is 0 Å². The number of amides is 1. The highest BCUT2D eigenvalue weighted by molar-refractivity contribution is 7.92. The molecular weight excluding hydrogens is 496 g/mol. The highest BCUT2D eigenvalue weighted by atomic mass is 32.2. The van der Waals surface area contributed by atoms with E-state index in [0.29, 0.717) is 21.8 Å². The van der Waals surface area contributed by atoms with Gasteiger partial charge in [-0.25, -0.2) is 13.2 Å². The number of nitrogens with one attached hydrogen (secondary N) is 2. The number of rotatable bonds is 7. The maximum atomic E-state index is 13.2. The van der Waals surface area contributed by atoms with Crippen molar-refractivity contribution in [3.63, 3.8) is 0 Å². The van der Waals surface area contributed by atoms with Crippen LogP contribution in [-0.2, 0) is 27.6 Å². The zero-order valence-electron chi connectivity index (χ0n) is 20.9. The van der Waals surface area contributed by atoms with E-state index in [2.05, 4.69) is 10.0 Å². The van der Waals surface area contributed by atoms with Crippen LogP contribution < -0.4 is 10.0 Å². The van der Waals surface area contributed by atoms with Gasteiger partial charge in [-0.3, -0.25) is 9.52 Å². The van der Waals surface area contributed by atoms with Crippen LogP contribution in [0.2, 0.25) is 0 Å². The van der Waals surface area contributed by atoms with Crippen LogP contribution in [0.5, 0.6) is 0 Å². The van der Waals surface area contributed by atoms with Gasteiger partial charge >= 0.3 is 5.97 Å². The van der Waals surface area contributed by atoms with E-state index < -0.39 is 21.9 Å². The van der Waals surface area contributed by atoms with Crippen LogP contribution in [-0.4, -0.2) is 26.9 Å². The number of carbonyl (C=O) groups excluding carboxylic acids is 2. The van der Waals surface area contributed by atoms with Gasteiger partial charge in [0, 0.05) is 16.1 Å². The lowest BCUT2D eigenvalue weighted by Crippen LogP contribution is -2.18. The lowest BCUT2D eigenvalue weighted by atomic mass is 9.95. The molecule has 3 aromatic rings. The van der Waals surface area contributed by atoms with Crippen molar-refractivity contribution in [3.8, 4) is 0 Å². The molecule has 0 bridgehead atoms. The number of anilines is 2. The minimum absolute atomic E-state index is 0.0180. The molecule has 0 saturated carbocycles. The van der Waals surface area contributed by atoms with Crippen LogP contribution in [0, 0.1) is 20.8 Å². The number of hydrogen-bond donors (Lipinski definition) is 2. The zero-order chi connectivity index (χ0) is 26.0. The van der Waals surface area contributed by atoms with E-state index in [1.807, 2.05) is 19.9 Å². The van der Waals surface area contributed by atoms with Crippen molar-refractivity contribution in [2.75, 3.05) is 16.6 Å². The van der Waals surface area contributed by atoms with E-state index in [9.17, 15) is 18.0 Å². The molecule has 0 unspecified atom stereocenters. The van der Waals surface area contributed by atoms with Gasteiger partial charge in [0.2, 0.25) is 0 Å². The Morgan fingerprint density at radius 1 is 0.972 bits per heavy atom. The van der Waals surface area contributed by atoms with Gasteiger partial charge in [0.15, 0.2) is 0 Å². The average Bonchev–Trinajstić information content (AvgIpc) is 3.19. The molecule has 1 amide bonds. The lowest BCUT2D eigenvalue weighted by Gasteiger charge is -2.14. The highest BCUT2D eigenvalue weighted by Gasteiger charge is 2.28. The fraction of sp³-hybridized carbons (Fsp3) is 0.333. The van der Waals surface area contributed by atoms with E-state index in [0.717, 1.165) is 47.3 Å². The Bertz CT molecular complexity index is 1440. The third kappa shape index (κ3) is 5.32. The Labute approximate surface area is 215 Å². The molecule has 1 aliphatic carbocycles. The van der Waals surface area contributed by atoms with Crippen LogP contribution >= 0.6 is 11.3 Å². The minimum Gasteiger partial charge on any atom is -0.462 e. The first-order valence-corrected chi connectivity index (χ1v) is 14.2. The topological polar surface area (TPSA) is 102 Å². The van der Waals surface area contributed by atoms with Gasteiger partial charge in [0.25, 0.3) is 15.9 Å². The summed E-state index contributed by atoms with van der Waals surface area (Å²) in [6.45, 7) is 7.54. The maximum Gasteiger partial charge on any atom is 0.341 e. The molecule has 0 spiro atoms. The molecule has 4 rings (SSSR count). The zero-order valence-corrected chi connectivity index (χ0v) is 22.5. The SMILES string of the molecule is CCOC(=O)c1c(NC(=O)c2ccc(C)c(S(=O)(=O)Nc3ccc(C)c(C)c3)c2)sc2c1CCCC2. The molecule has 1 aromatic heterocycles. The summed E-state index contributed by atoms with van der Waals surface area (Å²) in [7, 11) is -3.94. The van der Waals surface area contributed by atoms with Crippen molar-refractivity contribution < 1.29 is 22.7 Å². The number of thiophene rings is 1. The van der Waals surface area contributed by atoms with Gasteiger partial charge < -0.3 is 10.1 Å². The normalized spacial score (nSPS) is 13.1. The van der Waals surface area contributed by atoms with Crippen molar-refractivity contribution in [1.29, 1.82) is 0 Å². The number of benzene rings is 2. The van der Waals surface area contributed by atoms with E-state index in [1.165, 1.54) is 17.4 Å². The predicted molar refractivity (Wildman–Crippen MR) is 143 cm³/mol. The maximum absolute atomic E-state index is 13.2. The second kappa shape index (κ2) is 10.4. The summed E-state index contributed by atoms with van der Waals surface area (Å²) in [4.78, 5) is 27.0. The molecule has 1 aliphatic rings. The van der Waals surface area contributed by atoms with Crippen molar-refractivity contribution in [2.45, 2.75) is 58.3 Å². The van der Waals surface area contributed by atoms with E-state index in [4.69, 9.17) is 4.74 Å². The van der Waals surface area contributed by atoms with Gasteiger partial charge in [0.05, 0.1) is 17.1 Å². The van der Waals surface area contributed by atoms with Crippen LogP contribution in [0.15, 0.2) is 41.3 Å². The van der Waals surface area contributed by atoms with Gasteiger partial charge in [-0.2, -0.15) is 0 Å². The number of fused-ring (bicyclic) bond motifs is 1. The van der Waals surface area contributed by atoms with Crippen molar-refractivity contribution in [2.24, 2.45) is 0 Å². The molecule has 1 heterocycles. The first-order chi connectivity index (χ1) is 17.1. The minimum atomic E-state index is -3.94. The summed E-state index contributed by atoms with van der Waals surface area (Å²) < 4.78 is 34.3. The first-order valence-electron chi connectivity index (χ1n) is 11.9. The largest absolute Gasteiger partial charge is 0.462 e. The first kappa shape index (κ1) is 25.9. The smallest absolute Gasteiger partial charge is 0.341 e. The number of esters is 1. The van der Waals surface area contributed by atoms with Crippen LogP contribution in [0.3, 0.4) is 0 Å². The molecular formula is C27H30N2O5S2. The molecule has 2 N–H and O–H groups in total. The summed E-state index contributed by atoms with van der Waals surface area (Å²) in [5.41, 5.74) is 4.55. The summed E-state index contributed by atoms with van der Waals surface area (Å²) in [6, 6.07) is 9.89. The van der Waals surface area contributed by atoms with Crippen molar-refractivity contribution in [3.05, 3.63) is 74.7 Å². The highest BCUT2D eigenvalue weighted by Crippen LogP contribution is 2.39. The fourth-order valence-corrected chi connectivity index (χ4v) is 6.89. The monoisotopic (exact) mass is 526 g/mol. The lowest BCUT2D eigenvalue weighted by molar-refractivity contribution is 0.0526. The molecule has 0 atom stereocenters. The number of aryl methyl sites for hydroxylation is 4. The molecule has 190 valence electrons. The summed E-state index contributed by atoms with van der Waals surface area (Å²) in [6.07, 6.45) is 3.65. The second-order valence-corrected chi connectivity index (χ2v) is 11.7. The Balaban J connectivity index is 1.63. The second-order valence-electron chi connectivity index (χ2n) is 8.97. The predicted octanol–water partition coefficient (Wildman–Crippen LogP) is 5.78. The van der Waals surface area contributed by atoms with Crippen molar-refractivity contribution in [1.82, 2.24) is 0 Å². The Morgan fingerprint density at radius 3 is 2.42 bits per heavy atom. The Morgan fingerprint density at radius 2 is 1.69 bits per heavy atom. The molecule has 9 heteroatoms. The van der Waals surface area contributed by atoms with Gasteiger partial charge in [-0.1, -0.05) is 12.1 Å². The Kier molecular flexibility index (Phi) is 7.51. The Hall–Kier alpha value is -3.17. The number of sulfonamides is 1. The van der Waals surface area contributed by atoms with Crippen LogP contribution in [0.25, 0.3) is 0 Å². The van der Waals surface area contributed by atoms with E-state index in [-0.39, 0.29) is 17.1 Å². The molecule has 0 saturated heterocycles.